The predicted octanol–water partition coefficient (Wildman–Crippen LogP) is 2.86. The van der Waals surface area contributed by atoms with Crippen LogP contribution in [0.15, 0.2) is 22.7 Å². The highest BCUT2D eigenvalue weighted by Crippen LogP contribution is 2.26. The molecule has 1 saturated carbocycles. The Balaban J connectivity index is 1.62. The number of halogens is 1. The molecule has 1 amide bonds. The number of phenols is 1. The molecule has 1 saturated heterocycles. The van der Waals surface area contributed by atoms with E-state index in [1.807, 2.05) is 4.90 Å². The van der Waals surface area contributed by atoms with Crippen LogP contribution in [-0.2, 0) is 0 Å². The second-order valence-electron chi connectivity index (χ2n) is 5.93. The molecule has 0 spiro atoms. The van der Waals surface area contributed by atoms with Crippen molar-refractivity contribution in [2.24, 2.45) is 0 Å². The van der Waals surface area contributed by atoms with E-state index >= 15 is 0 Å². The molecule has 0 radical (unpaired) electrons. The number of carbonyl (C=O) groups excluding carboxylic acids is 1. The van der Waals surface area contributed by atoms with E-state index in [1.165, 1.54) is 25.7 Å². The molecule has 21 heavy (non-hydrogen) atoms. The monoisotopic (exact) mass is 352 g/mol. The molecular weight excluding hydrogens is 332 g/mol. The van der Waals surface area contributed by atoms with Crippen LogP contribution in [0.1, 0.15) is 36.0 Å². The first-order valence-corrected chi connectivity index (χ1v) is 8.46. The summed E-state index contributed by atoms with van der Waals surface area (Å²) >= 11 is 3.30. The summed E-state index contributed by atoms with van der Waals surface area (Å²) in [6.07, 6.45) is 5.30. The Hall–Kier alpha value is -1.07. The van der Waals surface area contributed by atoms with Crippen LogP contribution >= 0.6 is 15.9 Å². The predicted molar refractivity (Wildman–Crippen MR) is 85.5 cm³/mol. The Bertz CT molecular complexity index is 521. The van der Waals surface area contributed by atoms with Crippen molar-refractivity contribution >= 4 is 21.8 Å². The molecule has 2 aliphatic rings. The third-order valence-corrected chi connectivity index (χ3v) is 5.13. The smallest absolute Gasteiger partial charge is 0.257 e. The zero-order valence-corrected chi connectivity index (χ0v) is 13.7. The lowest BCUT2D eigenvalue weighted by atomic mass is 10.1. The summed E-state index contributed by atoms with van der Waals surface area (Å²) in [5, 5.41) is 9.93. The number of benzene rings is 1. The Labute approximate surface area is 133 Å². The molecule has 0 aromatic heterocycles. The topological polar surface area (TPSA) is 43.8 Å². The lowest BCUT2D eigenvalue weighted by Gasteiger charge is -2.38. The highest BCUT2D eigenvalue weighted by atomic mass is 79.9. The summed E-state index contributed by atoms with van der Waals surface area (Å²) in [5.74, 6) is -0.0151. The fraction of sp³-hybridized carbons (Fsp3) is 0.562. The molecule has 1 heterocycles. The summed E-state index contributed by atoms with van der Waals surface area (Å²) < 4.78 is 0.780. The number of carbonyl (C=O) groups is 1. The molecule has 1 N–H and O–H groups in total. The summed E-state index contributed by atoms with van der Waals surface area (Å²) in [7, 11) is 0. The SMILES string of the molecule is O=C(c1ccc(Br)cc1O)N1CCN(C2CCCC2)CC1. The summed E-state index contributed by atoms with van der Waals surface area (Å²) in [6, 6.07) is 5.78. The maximum atomic E-state index is 12.5. The quantitative estimate of drug-likeness (QED) is 0.889. The largest absolute Gasteiger partial charge is 0.507 e. The zero-order valence-electron chi connectivity index (χ0n) is 12.1. The molecule has 1 aromatic rings. The van der Waals surface area contributed by atoms with Crippen LogP contribution in [-0.4, -0.2) is 53.0 Å². The second kappa shape index (κ2) is 6.36. The molecule has 0 bridgehead atoms. The minimum Gasteiger partial charge on any atom is -0.507 e. The molecule has 114 valence electrons. The molecule has 4 nitrogen and oxygen atoms in total. The molecule has 3 rings (SSSR count). The Morgan fingerprint density at radius 1 is 1.14 bits per heavy atom. The third-order valence-electron chi connectivity index (χ3n) is 4.63. The number of piperazine rings is 1. The minimum absolute atomic E-state index is 0.0487. The molecule has 1 aliphatic heterocycles. The zero-order chi connectivity index (χ0) is 14.8. The number of aromatic hydroxyl groups is 1. The van der Waals surface area contributed by atoms with Crippen LogP contribution in [0.4, 0.5) is 0 Å². The molecule has 2 fully saturated rings. The summed E-state index contributed by atoms with van der Waals surface area (Å²) in [4.78, 5) is 16.9. The number of amides is 1. The van der Waals surface area contributed by atoms with Gasteiger partial charge in [0.2, 0.25) is 0 Å². The van der Waals surface area contributed by atoms with Gasteiger partial charge >= 0.3 is 0 Å². The second-order valence-corrected chi connectivity index (χ2v) is 6.84. The van der Waals surface area contributed by atoms with Gasteiger partial charge in [0.1, 0.15) is 5.75 Å². The van der Waals surface area contributed by atoms with E-state index in [9.17, 15) is 9.90 Å². The van der Waals surface area contributed by atoms with Crippen LogP contribution in [0, 0.1) is 0 Å². The van der Waals surface area contributed by atoms with Crippen molar-refractivity contribution < 1.29 is 9.90 Å². The van der Waals surface area contributed by atoms with Crippen LogP contribution in [0.3, 0.4) is 0 Å². The number of hydrogen-bond donors (Lipinski definition) is 1. The average Bonchev–Trinajstić information content (AvgIpc) is 3.01. The van der Waals surface area contributed by atoms with E-state index in [2.05, 4.69) is 20.8 Å². The standard InChI is InChI=1S/C16H21BrN2O2/c17-12-5-6-14(15(20)11-12)16(21)19-9-7-18(8-10-19)13-3-1-2-4-13/h5-6,11,13,20H,1-4,7-10H2. The number of hydrogen-bond acceptors (Lipinski definition) is 3. The minimum atomic E-state index is -0.0638. The van der Waals surface area contributed by atoms with E-state index in [1.54, 1.807) is 18.2 Å². The molecule has 1 aliphatic carbocycles. The first-order valence-electron chi connectivity index (χ1n) is 7.67. The summed E-state index contributed by atoms with van der Waals surface area (Å²) in [6.45, 7) is 3.41. The van der Waals surface area contributed by atoms with Crippen molar-refractivity contribution in [3.05, 3.63) is 28.2 Å². The average molecular weight is 353 g/mol. The van der Waals surface area contributed by atoms with E-state index in [4.69, 9.17) is 0 Å². The van der Waals surface area contributed by atoms with Gasteiger partial charge in [-0.25, -0.2) is 0 Å². The first-order chi connectivity index (χ1) is 10.1. The maximum absolute atomic E-state index is 12.5. The van der Waals surface area contributed by atoms with Gasteiger partial charge < -0.3 is 10.0 Å². The van der Waals surface area contributed by atoms with Crippen molar-refractivity contribution in [3.63, 3.8) is 0 Å². The molecular formula is C16H21BrN2O2. The van der Waals surface area contributed by atoms with Gasteiger partial charge in [0.25, 0.3) is 5.91 Å². The van der Waals surface area contributed by atoms with E-state index < -0.39 is 0 Å². The Morgan fingerprint density at radius 3 is 2.43 bits per heavy atom. The molecule has 5 heteroatoms. The normalized spacial score (nSPS) is 20.9. The number of phenolic OH excluding ortho intramolecular Hbond substituents is 1. The van der Waals surface area contributed by atoms with Crippen LogP contribution in [0.25, 0.3) is 0 Å². The van der Waals surface area contributed by atoms with Gasteiger partial charge in [0.05, 0.1) is 5.56 Å². The highest BCUT2D eigenvalue weighted by molar-refractivity contribution is 9.10. The van der Waals surface area contributed by atoms with E-state index in [0.29, 0.717) is 5.56 Å². The van der Waals surface area contributed by atoms with Crippen LogP contribution < -0.4 is 0 Å². The number of rotatable bonds is 2. The van der Waals surface area contributed by atoms with E-state index in [0.717, 1.165) is 36.7 Å². The van der Waals surface area contributed by atoms with E-state index in [-0.39, 0.29) is 11.7 Å². The van der Waals surface area contributed by atoms with Gasteiger partial charge in [-0.3, -0.25) is 9.69 Å². The fourth-order valence-electron chi connectivity index (χ4n) is 3.42. The van der Waals surface area contributed by atoms with Gasteiger partial charge in [-0.1, -0.05) is 28.8 Å². The summed E-state index contributed by atoms with van der Waals surface area (Å²) in [5.41, 5.74) is 0.396. The van der Waals surface area contributed by atoms with Crippen molar-refractivity contribution in [2.75, 3.05) is 26.2 Å². The van der Waals surface area contributed by atoms with Gasteiger partial charge in [-0.05, 0) is 31.0 Å². The highest BCUT2D eigenvalue weighted by Gasteiger charge is 2.28. The fourth-order valence-corrected chi connectivity index (χ4v) is 3.76. The first kappa shape index (κ1) is 14.9. The third kappa shape index (κ3) is 3.24. The molecule has 1 aromatic carbocycles. The molecule has 0 atom stereocenters. The molecule has 0 unspecified atom stereocenters. The van der Waals surface area contributed by atoms with Crippen molar-refractivity contribution in [1.29, 1.82) is 0 Å². The van der Waals surface area contributed by atoms with Crippen LogP contribution in [0.5, 0.6) is 5.75 Å². The van der Waals surface area contributed by atoms with Crippen molar-refractivity contribution in [2.45, 2.75) is 31.7 Å². The lowest BCUT2D eigenvalue weighted by Crippen LogP contribution is -2.51. The lowest BCUT2D eigenvalue weighted by molar-refractivity contribution is 0.0570. The van der Waals surface area contributed by atoms with Gasteiger partial charge in [-0.2, -0.15) is 0 Å². The Kier molecular flexibility index (Phi) is 4.50. The van der Waals surface area contributed by atoms with Gasteiger partial charge in [-0.15, -0.1) is 0 Å². The van der Waals surface area contributed by atoms with Crippen LogP contribution in [0.2, 0.25) is 0 Å². The van der Waals surface area contributed by atoms with Crippen molar-refractivity contribution in [3.8, 4) is 5.75 Å². The van der Waals surface area contributed by atoms with Gasteiger partial charge in [0.15, 0.2) is 0 Å². The van der Waals surface area contributed by atoms with Gasteiger partial charge in [0, 0.05) is 36.7 Å². The van der Waals surface area contributed by atoms with Crippen molar-refractivity contribution in [1.82, 2.24) is 9.80 Å². The number of nitrogens with zero attached hydrogens (tertiary/aromatic N) is 2. The maximum Gasteiger partial charge on any atom is 0.257 e. The Morgan fingerprint density at radius 2 is 1.81 bits per heavy atom.